The Morgan fingerprint density at radius 2 is 1.89 bits per heavy atom. The van der Waals surface area contributed by atoms with Gasteiger partial charge in [-0.1, -0.05) is 37.6 Å². The fourth-order valence-corrected chi connectivity index (χ4v) is 11.2. The van der Waals surface area contributed by atoms with Crippen molar-refractivity contribution in [2.75, 3.05) is 11.5 Å². The van der Waals surface area contributed by atoms with Crippen LogP contribution in [0, 0.1) is 29.1 Å². The second kappa shape index (κ2) is 6.57. The van der Waals surface area contributed by atoms with Crippen LogP contribution in [0.2, 0.25) is 0 Å². The monoisotopic (exact) mass is 404 g/mol. The van der Waals surface area contributed by atoms with Crippen LogP contribution in [0.3, 0.4) is 0 Å². The molecule has 0 amide bonds. The summed E-state index contributed by atoms with van der Waals surface area (Å²) in [4.78, 5) is 0. The molecule has 0 aromatic carbocycles. The predicted octanol–water partition coefficient (Wildman–Crippen LogP) is 6.43. The van der Waals surface area contributed by atoms with Crippen LogP contribution in [0.25, 0.3) is 0 Å². The van der Waals surface area contributed by atoms with Crippen molar-refractivity contribution >= 4 is 23.5 Å². The van der Waals surface area contributed by atoms with Gasteiger partial charge in [0.25, 0.3) is 0 Å². The SMILES string of the molecule is C=C1CCC2C3CCC4=CC5(CCC4C3C(O)(CC)C[C@]12CC)SCCS5. The molecule has 0 bridgehead atoms. The third kappa shape index (κ3) is 2.63. The zero-order valence-electron chi connectivity index (χ0n) is 17.1. The highest BCUT2D eigenvalue weighted by atomic mass is 32.2. The van der Waals surface area contributed by atoms with Gasteiger partial charge < -0.3 is 5.11 Å². The van der Waals surface area contributed by atoms with Crippen molar-refractivity contribution in [1.29, 1.82) is 0 Å². The van der Waals surface area contributed by atoms with Crippen LogP contribution in [-0.2, 0) is 0 Å². The molecule has 5 unspecified atom stereocenters. The summed E-state index contributed by atoms with van der Waals surface area (Å²) in [5.74, 6) is 5.25. The van der Waals surface area contributed by atoms with Gasteiger partial charge in [0.2, 0.25) is 0 Å². The lowest BCUT2D eigenvalue weighted by Crippen LogP contribution is -2.59. The molecule has 4 fully saturated rings. The van der Waals surface area contributed by atoms with Gasteiger partial charge in [-0.05, 0) is 86.9 Å². The van der Waals surface area contributed by atoms with E-state index in [9.17, 15) is 5.11 Å². The minimum atomic E-state index is -0.491. The first-order valence-electron chi connectivity index (χ1n) is 11.4. The maximum absolute atomic E-state index is 12.1. The van der Waals surface area contributed by atoms with Crippen LogP contribution in [0.1, 0.15) is 71.6 Å². The Bertz CT molecular complexity index is 663. The van der Waals surface area contributed by atoms with Crippen molar-refractivity contribution in [3.8, 4) is 0 Å². The van der Waals surface area contributed by atoms with Gasteiger partial charge >= 0.3 is 0 Å². The van der Waals surface area contributed by atoms with Gasteiger partial charge in [-0.2, -0.15) is 0 Å². The first-order valence-corrected chi connectivity index (χ1v) is 13.3. The minimum Gasteiger partial charge on any atom is -0.390 e. The smallest absolute Gasteiger partial charge is 0.0794 e. The van der Waals surface area contributed by atoms with Crippen molar-refractivity contribution in [1.82, 2.24) is 0 Å². The Hall–Kier alpha value is 0.140. The molecule has 3 heteroatoms. The maximum Gasteiger partial charge on any atom is 0.0794 e. The molecule has 1 spiro atoms. The first kappa shape index (κ1) is 19.1. The highest BCUT2D eigenvalue weighted by Gasteiger charge is 2.63. The molecule has 1 heterocycles. The van der Waals surface area contributed by atoms with E-state index in [0.717, 1.165) is 18.8 Å². The van der Waals surface area contributed by atoms with Crippen molar-refractivity contribution in [3.05, 3.63) is 23.8 Å². The van der Waals surface area contributed by atoms with E-state index < -0.39 is 5.60 Å². The number of hydrogen-bond acceptors (Lipinski definition) is 3. The summed E-state index contributed by atoms with van der Waals surface area (Å²) < 4.78 is 0.381. The van der Waals surface area contributed by atoms with E-state index in [1.54, 1.807) is 5.57 Å². The molecule has 6 atom stereocenters. The lowest BCUT2D eigenvalue weighted by Gasteiger charge is -2.61. The van der Waals surface area contributed by atoms with E-state index in [2.05, 4.69) is 50.0 Å². The summed E-state index contributed by atoms with van der Waals surface area (Å²) in [6.45, 7) is 9.11. The highest BCUT2D eigenvalue weighted by Crippen LogP contribution is 2.68. The average Bonchev–Trinajstić information content (AvgIpc) is 3.26. The van der Waals surface area contributed by atoms with Crippen molar-refractivity contribution < 1.29 is 5.11 Å². The molecule has 1 saturated heterocycles. The summed E-state index contributed by atoms with van der Waals surface area (Å²) in [6.07, 6.45) is 13.5. The number of fused-ring (bicyclic) bond motifs is 5. The normalized spacial score (nSPS) is 48.1. The highest BCUT2D eigenvalue weighted by molar-refractivity contribution is 8.21. The van der Waals surface area contributed by atoms with Gasteiger partial charge in [0.15, 0.2) is 0 Å². The van der Waals surface area contributed by atoms with Gasteiger partial charge in [-0.15, -0.1) is 23.5 Å². The number of rotatable bonds is 2. The summed E-state index contributed by atoms with van der Waals surface area (Å²) in [6, 6.07) is 0. The third-order valence-corrected chi connectivity index (χ3v) is 12.7. The average molecular weight is 405 g/mol. The second-order valence-electron chi connectivity index (χ2n) is 9.99. The van der Waals surface area contributed by atoms with E-state index in [1.807, 2.05) is 0 Å². The minimum absolute atomic E-state index is 0.222. The Balaban J connectivity index is 1.53. The third-order valence-electron chi connectivity index (χ3n) is 9.30. The zero-order chi connectivity index (χ0) is 18.9. The molecule has 27 heavy (non-hydrogen) atoms. The van der Waals surface area contributed by atoms with Gasteiger partial charge in [0.1, 0.15) is 0 Å². The number of hydrogen-bond donors (Lipinski definition) is 1. The summed E-state index contributed by atoms with van der Waals surface area (Å²) in [7, 11) is 0. The van der Waals surface area contributed by atoms with Crippen LogP contribution in [0.4, 0.5) is 0 Å². The molecular weight excluding hydrogens is 368 g/mol. The summed E-state index contributed by atoms with van der Waals surface area (Å²) >= 11 is 4.38. The summed E-state index contributed by atoms with van der Waals surface area (Å²) in [5, 5.41) is 12.1. The van der Waals surface area contributed by atoms with Gasteiger partial charge in [0, 0.05) is 11.5 Å². The molecule has 3 saturated carbocycles. The van der Waals surface area contributed by atoms with Gasteiger partial charge in [-0.3, -0.25) is 0 Å². The van der Waals surface area contributed by atoms with Crippen LogP contribution < -0.4 is 0 Å². The Morgan fingerprint density at radius 1 is 1.11 bits per heavy atom. The largest absolute Gasteiger partial charge is 0.390 e. The Labute approximate surface area is 174 Å². The van der Waals surface area contributed by atoms with Crippen LogP contribution >= 0.6 is 23.5 Å². The number of allylic oxidation sites excluding steroid dienone is 2. The van der Waals surface area contributed by atoms with E-state index >= 15 is 0 Å². The van der Waals surface area contributed by atoms with E-state index in [-0.39, 0.29) is 5.41 Å². The lowest BCUT2D eigenvalue weighted by atomic mass is 9.46. The number of aliphatic hydroxyl groups is 1. The summed E-state index contributed by atoms with van der Waals surface area (Å²) in [5.41, 5.74) is 2.91. The van der Waals surface area contributed by atoms with E-state index in [1.165, 1.54) is 62.0 Å². The quantitative estimate of drug-likeness (QED) is 0.535. The predicted molar refractivity (Wildman–Crippen MR) is 119 cm³/mol. The molecule has 0 aromatic rings. The molecule has 5 aliphatic rings. The maximum atomic E-state index is 12.1. The molecular formula is C24H36OS2. The second-order valence-corrected chi connectivity index (χ2v) is 13.1. The van der Waals surface area contributed by atoms with Crippen LogP contribution in [0.15, 0.2) is 23.8 Å². The first-order chi connectivity index (χ1) is 13.0. The molecule has 1 N–H and O–H groups in total. The fraction of sp³-hybridized carbons (Fsp3) is 0.833. The van der Waals surface area contributed by atoms with Crippen molar-refractivity contribution in [3.63, 3.8) is 0 Å². The molecule has 4 aliphatic carbocycles. The van der Waals surface area contributed by atoms with Crippen molar-refractivity contribution in [2.24, 2.45) is 29.1 Å². The van der Waals surface area contributed by atoms with Crippen LogP contribution in [0.5, 0.6) is 0 Å². The Morgan fingerprint density at radius 3 is 2.59 bits per heavy atom. The fourth-order valence-electron chi connectivity index (χ4n) is 8.06. The molecule has 5 rings (SSSR count). The lowest BCUT2D eigenvalue weighted by molar-refractivity contribution is -0.162. The molecule has 0 aromatic heterocycles. The topological polar surface area (TPSA) is 20.2 Å². The number of thioether (sulfide) groups is 2. The van der Waals surface area contributed by atoms with E-state index in [0.29, 0.717) is 21.8 Å². The van der Waals surface area contributed by atoms with E-state index in [4.69, 9.17) is 0 Å². The van der Waals surface area contributed by atoms with Gasteiger partial charge in [-0.25, -0.2) is 0 Å². The Kier molecular flexibility index (Phi) is 4.65. The van der Waals surface area contributed by atoms with Crippen LogP contribution in [-0.4, -0.2) is 26.3 Å². The van der Waals surface area contributed by atoms with Gasteiger partial charge in [0.05, 0.1) is 9.68 Å². The molecule has 150 valence electrons. The zero-order valence-corrected chi connectivity index (χ0v) is 18.8. The molecule has 0 radical (unpaired) electrons. The standard InChI is InChI=1S/C24H36OS2/c1-4-22-15-23(25,5-2)21-18-10-11-24(26-12-13-27-24)14-17(18)7-8-19(21)20(22)9-6-16(22)3/h14,18-21,25H,3-13,15H2,1-2H3/t18?,19?,20?,21?,22-,23?/m1/s1. The molecule has 1 aliphatic heterocycles. The van der Waals surface area contributed by atoms with Crippen molar-refractivity contribution in [2.45, 2.75) is 81.3 Å². The molecule has 1 nitrogen and oxygen atoms in total.